The van der Waals surface area contributed by atoms with Gasteiger partial charge in [-0.2, -0.15) is 0 Å². The third kappa shape index (κ3) is 4.11. The standard InChI is InChI=1S/C15H24N4OS/c1-11-10-18(2)8-7-13(11)19(3)15(20)17-14-6-5-12(21-4)9-16-14/h5-6,9,11,13H,7-8,10H2,1-4H3,(H,16,17,20). The van der Waals surface area contributed by atoms with Crippen LogP contribution >= 0.6 is 11.8 Å². The molecule has 21 heavy (non-hydrogen) atoms. The van der Waals surface area contributed by atoms with Crippen LogP contribution in [0.2, 0.25) is 0 Å². The lowest BCUT2D eigenvalue weighted by Crippen LogP contribution is -2.50. The van der Waals surface area contributed by atoms with Crippen molar-refractivity contribution in [1.29, 1.82) is 0 Å². The van der Waals surface area contributed by atoms with E-state index in [4.69, 9.17) is 0 Å². The minimum atomic E-state index is -0.0826. The molecule has 0 saturated carbocycles. The van der Waals surface area contributed by atoms with Crippen LogP contribution in [0.15, 0.2) is 23.2 Å². The molecule has 2 unspecified atom stereocenters. The molecule has 5 nitrogen and oxygen atoms in total. The average molecular weight is 308 g/mol. The molecule has 6 heteroatoms. The number of hydrogen-bond donors (Lipinski definition) is 1. The van der Waals surface area contributed by atoms with E-state index in [9.17, 15) is 4.79 Å². The van der Waals surface area contributed by atoms with Gasteiger partial charge in [0.25, 0.3) is 0 Å². The lowest BCUT2D eigenvalue weighted by Gasteiger charge is -2.39. The number of likely N-dealkylation sites (tertiary alicyclic amines) is 1. The van der Waals surface area contributed by atoms with Gasteiger partial charge in [0.2, 0.25) is 0 Å². The smallest absolute Gasteiger partial charge is 0.323 e. The van der Waals surface area contributed by atoms with E-state index >= 15 is 0 Å². The molecule has 2 rings (SSSR count). The molecule has 2 amide bonds. The zero-order valence-electron chi connectivity index (χ0n) is 13.2. The Labute approximate surface area is 131 Å². The number of piperidine rings is 1. The van der Waals surface area contributed by atoms with Crippen LogP contribution in [0.5, 0.6) is 0 Å². The second kappa shape index (κ2) is 7.13. The topological polar surface area (TPSA) is 48.5 Å². The number of nitrogens with one attached hydrogen (secondary N) is 1. The van der Waals surface area contributed by atoms with E-state index in [1.807, 2.05) is 30.3 Å². The van der Waals surface area contributed by atoms with Crippen molar-refractivity contribution in [3.8, 4) is 0 Å². The van der Waals surface area contributed by atoms with Crippen molar-refractivity contribution in [1.82, 2.24) is 14.8 Å². The minimum Gasteiger partial charge on any atom is -0.324 e. The number of hydrogen-bond acceptors (Lipinski definition) is 4. The summed E-state index contributed by atoms with van der Waals surface area (Å²) in [4.78, 5) is 21.8. The Balaban J connectivity index is 1.95. The van der Waals surface area contributed by atoms with Gasteiger partial charge in [0.15, 0.2) is 0 Å². The number of carbonyl (C=O) groups excluding carboxylic acids is 1. The van der Waals surface area contributed by atoms with Gasteiger partial charge in [-0.05, 0) is 44.3 Å². The van der Waals surface area contributed by atoms with Gasteiger partial charge in [0.1, 0.15) is 5.82 Å². The van der Waals surface area contributed by atoms with Crippen molar-refractivity contribution in [2.75, 3.05) is 38.8 Å². The van der Waals surface area contributed by atoms with Crippen LogP contribution in [0.3, 0.4) is 0 Å². The third-order valence-corrected chi connectivity index (χ3v) is 4.80. The number of nitrogens with zero attached hydrogens (tertiary/aromatic N) is 3. The van der Waals surface area contributed by atoms with Crippen molar-refractivity contribution in [3.63, 3.8) is 0 Å². The van der Waals surface area contributed by atoms with Gasteiger partial charge in [0.05, 0.1) is 0 Å². The number of pyridine rings is 1. The van der Waals surface area contributed by atoms with Gasteiger partial charge in [-0.25, -0.2) is 9.78 Å². The van der Waals surface area contributed by atoms with E-state index in [-0.39, 0.29) is 12.1 Å². The molecule has 1 aliphatic rings. The van der Waals surface area contributed by atoms with Crippen LogP contribution < -0.4 is 5.32 Å². The summed E-state index contributed by atoms with van der Waals surface area (Å²) in [5.41, 5.74) is 0. The molecular weight excluding hydrogens is 284 g/mol. The molecule has 1 N–H and O–H groups in total. The lowest BCUT2D eigenvalue weighted by molar-refractivity contribution is 0.113. The van der Waals surface area contributed by atoms with E-state index in [2.05, 4.69) is 29.2 Å². The Kier molecular flexibility index (Phi) is 5.47. The Bertz CT molecular complexity index is 479. The fraction of sp³-hybridized carbons (Fsp3) is 0.600. The molecule has 0 bridgehead atoms. The van der Waals surface area contributed by atoms with Crippen molar-refractivity contribution in [2.45, 2.75) is 24.3 Å². The highest BCUT2D eigenvalue weighted by Gasteiger charge is 2.29. The number of anilines is 1. The third-order valence-electron chi connectivity index (χ3n) is 4.09. The first-order valence-corrected chi connectivity index (χ1v) is 8.46. The number of urea groups is 1. The molecule has 1 aromatic rings. The lowest BCUT2D eigenvalue weighted by atomic mass is 9.93. The highest BCUT2D eigenvalue weighted by atomic mass is 32.2. The van der Waals surface area contributed by atoms with Crippen molar-refractivity contribution >= 4 is 23.6 Å². The normalized spacial score (nSPS) is 22.9. The molecule has 0 aromatic carbocycles. The Morgan fingerprint density at radius 1 is 1.52 bits per heavy atom. The summed E-state index contributed by atoms with van der Waals surface area (Å²) in [6.07, 6.45) is 4.80. The molecular formula is C15H24N4OS. The highest BCUT2D eigenvalue weighted by molar-refractivity contribution is 7.98. The van der Waals surface area contributed by atoms with Crippen molar-refractivity contribution in [2.24, 2.45) is 5.92 Å². The number of thioether (sulfide) groups is 1. The van der Waals surface area contributed by atoms with Crippen LogP contribution in [0.1, 0.15) is 13.3 Å². The van der Waals surface area contributed by atoms with Crippen LogP contribution in [0.4, 0.5) is 10.6 Å². The number of amides is 2. The molecule has 2 atom stereocenters. The fourth-order valence-electron chi connectivity index (χ4n) is 2.84. The summed E-state index contributed by atoms with van der Waals surface area (Å²) in [5, 5.41) is 2.88. The molecule has 1 aromatic heterocycles. The van der Waals surface area contributed by atoms with E-state index in [0.29, 0.717) is 11.7 Å². The molecule has 2 heterocycles. The zero-order valence-corrected chi connectivity index (χ0v) is 14.0. The maximum atomic E-state index is 12.3. The molecule has 1 aliphatic heterocycles. The monoisotopic (exact) mass is 308 g/mol. The Morgan fingerprint density at radius 3 is 2.86 bits per heavy atom. The largest absolute Gasteiger partial charge is 0.324 e. The van der Waals surface area contributed by atoms with Gasteiger partial charge in [-0.1, -0.05) is 6.92 Å². The van der Waals surface area contributed by atoms with Gasteiger partial charge >= 0.3 is 6.03 Å². The fourth-order valence-corrected chi connectivity index (χ4v) is 3.20. The second-order valence-corrected chi connectivity index (χ2v) is 6.60. The number of aromatic nitrogens is 1. The Hall–Kier alpha value is -1.27. The summed E-state index contributed by atoms with van der Waals surface area (Å²) >= 11 is 1.64. The molecule has 0 radical (unpaired) electrons. The molecule has 1 fully saturated rings. The summed E-state index contributed by atoms with van der Waals surface area (Å²) < 4.78 is 0. The first kappa shape index (κ1) is 16.1. The summed E-state index contributed by atoms with van der Waals surface area (Å²) in [5.74, 6) is 1.08. The average Bonchev–Trinajstić information content (AvgIpc) is 2.47. The van der Waals surface area contributed by atoms with Gasteiger partial charge in [-0.3, -0.25) is 5.32 Å². The van der Waals surface area contributed by atoms with Crippen LogP contribution in [0.25, 0.3) is 0 Å². The van der Waals surface area contributed by atoms with E-state index in [0.717, 1.165) is 24.4 Å². The molecule has 0 aliphatic carbocycles. The maximum absolute atomic E-state index is 12.3. The minimum absolute atomic E-state index is 0.0826. The Morgan fingerprint density at radius 2 is 2.29 bits per heavy atom. The zero-order chi connectivity index (χ0) is 15.4. The van der Waals surface area contributed by atoms with E-state index < -0.39 is 0 Å². The van der Waals surface area contributed by atoms with Crippen LogP contribution in [-0.2, 0) is 0 Å². The van der Waals surface area contributed by atoms with Crippen LogP contribution in [-0.4, -0.2) is 60.3 Å². The van der Waals surface area contributed by atoms with Crippen molar-refractivity contribution < 1.29 is 4.79 Å². The predicted octanol–water partition coefficient (Wildman–Crippen LogP) is 2.61. The highest BCUT2D eigenvalue weighted by Crippen LogP contribution is 2.21. The van der Waals surface area contributed by atoms with Gasteiger partial charge in [-0.15, -0.1) is 11.8 Å². The summed E-state index contributed by atoms with van der Waals surface area (Å²) in [6.45, 7) is 4.27. The van der Waals surface area contributed by atoms with Crippen LogP contribution in [0, 0.1) is 5.92 Å². The first-order valence-electron chi connectivity index (χ1n) is 7.23. The summed E-state index contributed by atoms with van der Waals surface area (Å²) in [7, 11) is 4.00. The molecule has 1 saturated heterocycles. The van der Waals surface area contributed by atoms with E-state index in [1.54, 1.807) is 18.0 Å². The van der Waals surface area contributed by atoms with Gasteiger partial charge in [0, 0.05) is 30.7 Å². The van der Waals surface area contributed by atoms with Gasteiger partial charge < -0.3 is 9.80 Å². The summed E-state index contributed by atoms with van der Waals surface area (Å²) in [6, 6.07) is 4.01. The SMILES string of the molecule is CSc1ccc(NC(=O)N(C)C2CCN(C)CC2C)nc1. The first-order chi connectivity index (χ1) is 10.0. The maximum Gasteiger partial charge on any atom is 0.323 e. The number of rotatable bonds is 3. The quantitative estimate of drug-likeness (QED) is 0.872. The molecule has 0 spiro atoms. The van der Waals surface area contributed by atoms with E-state index in [1.165, 1.54) is 0 Å². The van der Waals surface area contributed by atoms with Crippen molar-refractivity contribution in [3.05, 3.63) is 18.3 Å². The second-order valence-electron chi connectivity index (χ2n) is 5.72. The predicted molar refractivity (Wildman–Crippen MR) is 87.9 cm³/mol. The number of carbonyl (C=O) groups is 1. The molecule has 116 valence electrons.